The van der Waals surface area contributed by atoms with E-state index >= 15 is 0 Å². The lowest BCUT2D eigenvalue weighted by atomic mass is 9.99. The maximum Gasteiger partial charge on any atom is 0.293 e. The normalized spacial score (nSPS) is 14.3. The van der Waals surface area contributed by atoms with E-state index in [1.54, 1.807) is 17.0 Å². The van der Waals surface area contributed by atoms with Gasteiger partial charge in [-0.05, 0) is 29.7 Å². The Balaban J connectivity index is 1.80. The first-order valence-electron chi connectivity index (χ1n) is 7.07. The molecule has 1 aromatic heterocycles. The monoisotopic (exact) mass is 286 g/mol. The summed E-state index contributed by atoms with van der Waals surface area (Å²) in [6, 6.07) is 5.31. The topological polar surface area (TPSA) is 82.1 Å². The van der Waals surface area contributed by atoms with E-state index in [4.69, 9.17) is 0 Å². The minimum Gasteiger partial charge on any atom is -0.508 e. The van der Waals surface area contributed by atoms with E-state index in [9.17, 15) is 9.90 Å². The summed E-state index contributed by atoms with van der Waals surface area (Å²) in [5, 5.41) is 16.4. The average Bonchev–Trinajstić information content (AvgIpc) is 2.95. The summed E-state index contributed by atoms with van der Waals surface area (Å²) in [5.41, 5.74) is 2.16. The van der Waals surface area contributed by atoms with Gasteiger partial charge in [0.25, 0.3) is 5.91 Å². The molecule has 0 saturated carbocycles. The van der Waals surface area contributed by atoms with Gasteiger partial charge in [-0.25, -0.2) is 4.98 Å². The Labute approximate surface area is 122 Å². The molecule has 1 amide bonds. The molecule has 1 aliphatic heterocycles. The van der Waals surface area contributed by atoms with Gasteiger partial charge in [0, 0.05) is 19.0 Å². The zero-order valence-electron chi connectivity index (χ0n) is 12.1. The number of phenols is 1. The summed E-state index contributed by atoms with van der Waals surface area (Å²) in [6.45, 7) is 5.11. The Hall–Kier alpha value is -2.37. The van der Waals surface area contributed by atoms with Crippen LogP contribution < -0.4 is 0 Å². The molecule has 0 radical (unpaired) electrons. The number of H-pyrrole nitrogens is 1. The first-order valence-corrected chi connectivity index (χ1v) is 7.07. The second-order valence-electron chi connectivity index (χ2n) is 5.63. The van der Waals surface area contributed by atoms with Crippen LogP contribution in [0.4, 0.5) is 0 Å². The first-order chi connectivity index (χ1) is 10.0. The molecule has 0 fully saturated rings. The molecule has 0 saturated heterocycles. The Morgan fingerprint density at radius 1 is 1.38 bits per heavy atom. The van der Waals surface area contributed by atoms with Crippen molar-refractivity contribution in [3.8, 4) is 5.75 Å². The third-order valence-electron chi connectivity index (χ3n) is 3.73. The summed E-state index contributed by atoms with van der Waals surface area (Å²) >= 11 is 0. The average molecular weight is 286 g/mol. The molecular formula is C15H18N4O2. The van der Waals surface area contributed by atoms with Gasteiger partial charge in [0.1, 0.15) is 11.6 Å². The molecule has 6 nitrogen and oxygen atoms in total. The molecule has 2 heterocycles. The third kappa shape index (κ3) is 2.61. The number of aromatic nitrogens is 3. The fourth-order valence-corrected chi connectivity index (χ4v) is 2.49. The van der Waals surface area contributed by atoms with Crippen LogP contribution in [0.1, 0.15) is 47.3 Å². The Morgan fingerprint density at radius 2 is 2.19 bits per heavy atom. The van der Waals surface area contributed by atoms with Gasteiger partial charge >= 0.3 is 0 Å². The number of aromatic hydroxyl groups is 1. The first kappa shape index (κ1) is 13.6. The minimum absolute atomic E-state index is 0.174. The zero-order valence-corrected chi connectivity index (χ0v) is 12.1. The lowest BCUT2D eigenvalue weighted by Gasteiger charge is -2.28. The van der Waals surface area contributed by atoms with Gasteiger partial charge in [-0.1, -0.05) is 19.9 Å². The van der Waals surface area contributed by atoms with Crippen molar-refractivity contribution in [2.45, 2.75) is 32.7 Å². The lowest BCUT2D eigenvalue weighted by molar-refractivity contribution is 0.0722. The number of nitrogens with one attached hydrogen (secondary N) is 1. The zero-order chi connectivity index (χ0) is 15.0. The molecule has 0 bridgehead atoms. The van der Waals surface area contributed by atoms with Crippen molar-refractivity contribution in [1.29, 1.82) is 0 Å². The van der Waals surface area contributed by atoms with E-state index in [-0.39, 0.29) is 23.4 Å². The van der Waals surface area contributed by atoms with Crippen LogP contribution in [0.15, 0.2) is 18.2 Å². The number of hydrogen-bond donors (Lipinski definition) is 2. The van der Waals surface area contributed by atoms with Gasteiger partial charge in [-0.2, -0.15) is 0 Å². The van der Waals surface area contributed by atoms with E-state index in [0.717, 1.165) is 12.0 Å². The number of carbonyl (C=O) groups is 1. The van der Waals surface area contributed by atoms with Crippen LogP contribution >= 0.6 is 0 Å². The van der Waals surface area contributed by atoms with Gasteiger partial charge in [-0.3, -0.25) is 9.89 Å². The fourth-order valence-electron chi connectivity index (χ4n) is 2.49. The maximum absolute atomic E-state index is 12.4. The van der Waals surface area contributed by atoms with Crippen molar-refractivity contribution in [3.05, 3.63) is 41.0 Å². The number of carbonyl (C=O) groups excluding carboxylic acids is 1. The molecule has 0 unspecified atom stereocenters. The van der Waals surface area contributed by atoms with Crippen molar-refractivity contribution >= 4 is 5.91 Å². The second kappa shape index (κ2) is 5.20. The van der Waals surface area contributed by atoms with Crippen LogP contribution in [0.3, 0.4) is 0 Å². The molecule has 0 spiro atoms. The van der Waals surface area contributed by atoms with Crippen LogP contribution in [-0.4, -0.2) is 37.6 Å². The highest BCUT2D eigenvalue weighted by Gasteiger charge is 2.25. The molecule has 110 valence electrons. The SMILES string of the molecule is CC(C)c1nc(C(=O)N2CCc3ccc(O)cc3C2)n[nH]1. The largest absolute Gasteiger partial charge is 0.508 e. The van der Waals surface area contributed by atoms with Crippen LogP contribution in [0.5, 0.6) is 5.75 Å². The molecule has 6 heteroatoms. The predicted molar refractivity (Wildman–Crippen MR) is 77.0 cm³/mol. The second-order valence-corrected chi connectivity index (χ2v) is 5.63. The van der Waals surface area contributed by atoms with Gasteiger partial charge < -0.3 is 10.0 Å². The Kier molecular flexibility index (Phi) is 3.37. The molecule has 2 N–H and O–H groups in total. The number of nitrogens with zero attached hydrogens (tertiary/aromatic N) is 3. The summed E-state index contributed by atoms with van der Waals surface area (Å²) in [4.78, 5) is 18.4. The number of phenolic OH excluding ortho intramolecular Hbond substituents is 1. The molecule has 3 rings (SSSR count). The van der Waals surface area contributed by atoms with Crippen molar-refractivity contribution in [2.24, 2.45) is 0 Å². The number of amides is 1. The number of benzene rings is 1. The molecular weight excluding hydrogens is 268 g/mol. The van der Waals surface area contributed by atoms with Gasteiger partial charge in [0.05, 0.1) is 0 Å². The standard InChI is InChI=1S/C15H18N4O2/c1-9(2)13-16-14(18-17-13)15(21)19-6-5-10-3-4-12(20)7-11(10)8-19/h3-4,7,9,20H,5-6,8H2,1-2H3,(H,16,17,18). The molecule has 21 heavy (non-hydrogen) atoms. The Bertz CT molecular complexity index is 678. The highest BCUT2D eigenvalue weighted by Crippen LogP contribution is 2.23. The van der Waals surface area contributed by atoms with E-state index in [0.29, 0.717) is 18.9 Å². The molecule has 0 atom stereocenters. The summed E-state index contributed by atoms with van der Waals surface area (Å²) in [6.07, 6.45) is 0.781. The van der Waals surface area contributed by atoms with Gasteiger partial charge in [0.2, 0.25) is 5.82 Å². The molecule has 0 aliphatic carbocycles. The smallest absolute Gasteiger partial charge is 0.293 e. The summed E-state index contributed by atoms with van der Waals surface area (Å²) in [5.74, 6) is 1.18. The number of fused-ring (bicyclic) bond motifs is 1. The highest BCUT2D eigenvalue weighted by molar-refractivity contribution is 5.90. The van der Waals surface area contributed by atoms with Crippen LogP contribution in [0.2, 0.25) is 0 Å². The third-order valence-corrected chi connectivity index (χ3v) is 3.73. The van der Waals surface area contributed by atoms with E-state index in [1.807, 2.05) is 19.9 Å². The molecule has 1 aromatic carbocycles. The van der Waals surface area contributed by atoms with Crippen molar-refractivity contribution < 1.29 is 9.90 Å². The maximum atomic E-state index is 12.4. The Morgan fingerprint density at radius 3 is 2.90 bits per heavy atom. The van der Waals surface area contributed by atoms with Crippen LogP contribution in [-0.2, 0) is 13.0 Å². The minimum atomic E-state index is -0.174. The molecule has 2 aromatic rings. The van der Waals surface area contributed by atoms with Gasteiger partial charge in [-0.15, -0.1) is 5.10 Å². The quantitative estimate of drug-likeness (QED) is 0.882. The van der Waals surface area contributed by atoms with Gasteiger partial charge in [0.15, 0.2) is 0 Å². The summed E-state index contributed by atoms with van der Waals surface area (Å²) in [7, 11) is 0. The van der Waals surface area contributed by atoms with Crippen molar-refractivity contribution in [1.82, 2.24) is 20.1 Å². The highest BCUT2D eigenvalue weighted by atomic mass is 16.3. The van der Waals surface area contributed by atoms with E-state index < -0.39 is 0 Å². The van der Waals surface area contributed by atoms with E-state index in [1.165, 1.54) is 5.56 Å². The van der Waals surface area contributed by atoms with Crippen molar-refractivity contribution in [2.75, 3.05) is 6.54 Å². The van der Waals surface area contributed by atoms with Crippen LogP contribution in [0.25, 0.3) is 0 Å². The predicted octanol–water partition coefficient (Wildman–Crippen LogP) is 1.83. The lowest BCUT2D eigenvalue weighted by Crippen LogP contribution is -2.36. The fraction of sp³-hybridized carbons (Fsp3) is 0.400. The summed E-state index contributed by atoms with van der Waals surface area (Å²) < 4.78 is 0. The van der Waals surface area contributed by atoms with E-state index in [2.05, 4.69) is 15.2 Å². The van der Waals surface area contributed by atoms with Crippen molar-refractivity contribution in [3.63, 3.8) is 0 Å². The number of hydrogen-bond acceptors (Lipinski definition) is 4. The van der Waals surface area contributed by atoms with Crippen LogP contribution in [0, 0.1) is 0 Å². The molecule has 1 aliphatic rings. The number of aromatic amines is 1. The number of rotatable bonds is 2.